The van der Waals surface area contributed by atoms with Gasteiger partial charge in [0, 0.05) is 12.8 Å². The van der Waals surface area contributed by atoms with Gasteiger partial charge in [-0.15, -0.1) is 0 Å². The SMILES string of the molecule is CCCCCCCCCCCCCCCCCCCCCCCCCCC(O)C(CO)NC(=O)CCCCCCCCCCCCCCCCCC/C=C\CCCCCCCCCCCCCCOC(=O)CCCCCCCCCCCCCCCCCCCCC. The zero-order valence-corrected chi connectivity index (χ0v) is 63.1. The van der Waals surface area contributed by atoms with E-state index < -0.39 is 12.1 Å². The summed E-state index contributed by atoms with van der Waals surface area (Å²) in [5, 5.41) is 23.5. The van der Waals surface area contributed by atoms with Gasteiger partial charge in [0.2, 0.25) is 5.91 Å². The zero-order chi connectivity index (χ0) is 66.3. The number of hydrogen-bond acceptors (Lipinski definition) is 5. The highest BCUT2D eigenvalue weighted by Gasteiger charge is 2.20. The Morgan fingerprint density at radius 1 is 0.293 bits per heavy atom. The number of allylic oxidation sites excluding steroid dienone is 2. The van der Waals surface area contributed by atoms with Crippen LogP contribution in [0, 0.1) is 0 Å². The molecule has 548 valence electrons. The highest BCUT2D eigenvalue weighted by molar-refractivity contribution is 5.76. The molecular formula is C86H169NO5. The lowest BCUT2D eigenvalue weighted by Gasteiger charge is -2.22. The molecule has 0 saturated carbocycles. The van der Waals surface area contributed by atoms with Gasteiger partial charge < -0.3 is 20.3 Å². The second kappa shape index (κ2) is 82.0. The van der Waals surface area contributed by atoms with Gasteiger partial charge >= 0.3 is 5.97 Å². The number of carbonyl (C=O) groups is 2. The predicted molar refractivity (Wildman–Crippen MR) is 407 cm³/mol. The van der Waals surface area contributed by atoms with Crippen molar-refractivity contribution in [1.29, 1.82) is 0 Å². The molecule has 0 radical (unpaired) electrons. The molecule has 6 heteroatoms. The number of ether oxygens (including phenoxy) is 1. The van der Waals surface area contributed by atoms with E-state index in [1.54, 1.807) is 0 Å². The molecule has 0 fully saturated rings. The van der Waals surface area contributed by atoms with Crippen molar-refractivity contribution in [3.05, 3.63) is 12.2 Å². The number of esters is 1. The van der Waals surface area contributed by atoms with E-state index in [9.17, 15) is 19.8 Å². The molecule has 1 amide bonds. The summed E-state index contributed by atoms with van der Waals surface area (Å²) >= 11 is 0. The van der Waals surface area contributed by atoms with Crippen LogP contribution in [-0.4, -0.2) is 47.4 Å². The average molecular weight is 1300 g/mol. The molecule has 0 spiro atoms. The minimum atomic E-state index is -0.664. The van der Waals surface area contributed by atoms with Crippen molar-refractivity contribution in [2.24, 2.45) is 0 Å². The van der Waals surface area contributed by atoms with E-state index in [1.165, 1.54) is 430 Å². The molecule has 0 aromatic carbocycles. The Kier molecular flexibility index (Phi) is 80.8. The van der Waals surface area contributed by atoms with Crippen molar-refractivity contribution in [2.45, 2.75) is 514 Å². The van der Waals surface area contributed by atoms with Gasteiger partial charge in [-0.3, -0.25) is 9.59 Å². The lowest BCUT2D eigenvalue weighted by Crippen LogP contribution is -2.45. The van der Waals surface area contributed by atoms with Crippen molar-refractivity contribution >= 4 is 11.9 Å². The molecule has 0 aliphatic carbocycles. The second-order valence-corrected chi connectivity index (χ2v) is 29.9. The van der Waals surface area contributed by atoms with E-state index >= 15 is 0 Å². The maximum Gasteiger partial charge on any atom is 0.305 e. The van der Waals surface area contributed by atoms with Gasteiger partial charge in [0.1, 0.15) is 0 Å². The van der Waals surface area contributed by atoms with Crippen LogP contribution in [0.1, 0.15) is 502 Å². The van der Waals surface area contributed by atoms with Gasteiger partial charge in [-0.1, -0.05) is 450 Å². The summed E-state index contributed by atoms with van der Waals surface area (Å²) in [5.74, 6) is -0.00113. The van der Waals surface area contributed by atoms with E-state index in [0.29, 0.717) is 25.9 Å². The van der Waals surface area contributed by atoms with Crippen LogP contribution in [-0.2, 0) is 14.3 Å². The van der Waals surface area contributed by atoms with Gasteiger partial charge in [0.25, 0.3) is 0 Å². The first-order chi connectivity index (χ1) is 45.5. The Morgan fingerprint density at radius 3 is 0.772 bits per heavy atom. The fourth-order valence-electron chi connectivity index (χ4n) is 14.1. The molecule has 2 atom stereocenters. The quantitative estimate of drug-likeness (QED) is 0.0320. The Morgan fingerprint density at radius 2 is 0.511 bits per heavy atom. The number of rotatable bonds is 82. The van der Waals surface area contributed by atoms with Crippen molar-refractivity contribution in [2.75, 3.05) is 13.2 Å². The summed E-state index contributed by atoms with van der Waals surface area (Å²) in [6, 6.07) is -0.541. The van der Waals surface area contributed by atoms with Crippen molar-refractivity contribution in [3.8, 4) is 0 Å². The second-order valence-electron chi connectivity index (χ2n) is 29.9. The third-order valence-corrected chi connectivity index (χ3v) is 20.6. The van der Waals surface area contributed by atoms with Crippen LogP contribution >= 0.6 is 0 Å². The summed E-state index contributed by atoms with van der Waals surface area (Å²) in [4.78, 5) is 24.7. The number of aliphatic hydroxyl groups is 2. The molecule has 2 unspecified atom stereocenters. The van der Waals surface area contributed by atoms with Crippen molar-refractivity contribution < 1.29 is 24.5 Å². The van der Waals surface area contributed by atoms with Crippen molar-refractivity contribution in [1.82, 2.24) is 5.32 Å². The summed E-state index contributed by atoms with van der Waals surface area (Å²) in [6.07, 6.45) is 105. The number of aliphatic hydroxyl groups excluding tert-OH is 2. The number of nitrogens with one attached hydrogen (secondary N) is 1. The Bertz CT molecular complexity index is 1400. The molecule has 3 N–H and O–H groups in total. The van der Waals surface area contributed by atoms with Gasteiger partial charge in [-0.05, 0) is 51.4 Å². The zero-order valence-electron chi connectivity index (χ0n) is 63.1. The van der Waals surface area contributed by atoms with Crippen LogP contribution in [0.5, 0.6) is 0 Å². The largest absolute Gasteiger partial charge is 0.466 e. The third-order valence-electron chi connectivity index (χ3n) is 20.6. The summed E-state index contributed by atoms with van der Waals surface area (Å²) in [7, 11) is 0. The molecule has 0 saturated heterocycles. The maximum absolute atomic E-state index is 12.6. The Labute approximate surface area is 578 Å². The molecule has 0 aliphatic rings. The van der Waals surface area contributed by atoms with Crippen LogP contribution in [0.4, 0.5) is 0 Å². The molecular weight excluding hydrogens is 1130 g/mol. The molecule has 0 rings (SSSR count). The lowest BCUT2D eigenvalue weighted by molar-refractivity contribution is -0.143. The first-order valence-corrected chi connectivity index (χ1v) is 42.9. The van der Waals surface area contributed by atoms with Gasteiger partial charge in [0.05, 0.1) is 25.4 Å². The average Bonchev–Trinajstić information content (AvgIpc) is 3.51. The molecule has 0 heterocycles. The highest BCUT2D eigenvalue weighted by Crippen LogP contribution is 2.21. The standard InChI is InChI=1S/C86H169NO5/c1-3-5-7-9-11-13-15-17-19-21-23-24-25-36-39-43-46-50-54-58-62-66-70-74-78-84(89)83(82-88)87-85(90)79-75-71-67-63-59-55-51-47-44-40-37-34-32-30-28-26-27-29-31-33-35-38-41-45-49-53-57-61-65-69-73-77-81-92-86(91)80-76-72-68-64-60-56-52-48-42-22-20-18-16-14-12-10-8-6-4-2/h29,31,83-84,88-89H,3-28,30,32-82H2,1-2H3,(H,87,90)/b31-29-. The summed E-state index contributed by atoms with van der Waals surface area (Å²) < 4.78 is 5.52. The van der Waals surface area contributed by atoms with Crippen LogP contribution in [0.2, 0.25) is 0 Å². The highest BCUT2D eigenvalue weighted by atomic mass is 16.5. The number of unbranched alkanes of at least 4 members (excludes halogenated alkanes) is 69. The monoisotopic (exact) mass is 1300 g/mol. The normalized spacial score (nSPS) is 12.4. The van der Waals surface area contributed by atoms with Crippen LogP contribution < -0.4 is 5.32 Å². The summed E-state index contributed by atoms with van der Waals surface area (Å²) in [5.41, 5.74) is 0. The lowest BCUT2D eigenvalue weighted by atomic mass is 10.0. The van der Waals surface area contributed by atoms with E-state index in [1.807, 2.05) is 0 Å². The topological polar surface area (TPSA) is 95.9 Å². The number of amides is 1. The van der Waals surface area contributed by atoms with Crippen LogP contribution in [0.25, 0.3) is 0 Å². The van der Waals surface area contributed by atoms with Crippen LogP contribution in [0.15, 0.2) is 12.2 Å². The molecule has 0 aromatic heterocycles. The Balaban J connectivity index is 3.34. The number of carbonyl (C=O) groups excluding carboxylic acids is 2. The van der Waals surface area contributed by atoms with Crippen molar-refractivity contribution in [3.63, 3.8) is 0 Å². The van der Waals surface area contributed by atoms with Crippen LogP contribution in [0.3, 0.4) is 0 Å². The smallest absolute Gasteiger partial charge is 0.305 e. The van der Waals surface area contributed by atoms with E-state index in [-0.39, 0.29) is 18.5 Å². The fraction of sp³-hybridized carbons (Fsp3) is 0.953. The predicted octanol–water partition coefficient (Wildman–Crippen LogP) is 28.6. The minimum Gasteiger partial charge on any atom is -0.466 e. The fourth-order valence-corrected chi connectivity index (χ4v) is 14.1. The van der Waals surface area contributed by atoms with Gasteiger partial charge in [0.15, 0.2) is 0 Å². The van der Waals surface area contributed by atoms with E-state index in [0.717, 1.165) is 38.5 Å². The minimum absolute atomic E-state index is 0.0246. The summed E-state index contributed by atoms with van der Waals surface area (Å²) in [6.45, 7) is 5.03. The first-order valence-electron chi connectivity index (χ1n) is 42.9. The first kappa shape index (κ1) is 90.6. The molecule has 0 aromatic rings. The molecule has 0 bridgehead atoms. The van der Waals surface area contributed by atoms with E-state index in [4.69, 9.17) is 4.74 Å². The molecule has 0 aliphatic heterocycles. The third kappa shape index (κ3) is 77.6. The van der Waals surface area contributed by atoms with Gasteiger partial charge in [-0.2, -0.15) is 0 Å². The van der Waals surface area contributed by atoms with Gasteiger partial charge in [-0.25, -0.2) is 0 Å². The number of hydrogen-bond donors (Lipinski definition) is 3. The maximum atomic E-state index is 12.6. The molecule has 92 heavy (non-hydrogen) atoms. The molecule has 6 nitrogen and oxygen atoms in total. The van der Waals surface area contributed by atoms with E-state index in [2.05, 4.69) is 31.3 Å². The Hall–Kier alpha value is -1.40.